The number of nitrogens with zero attached hydrogens (tertiary/aromatic N) is 1. The third-order valence-electron chi connectivity index (χ3n) is 6.48. The standard InChI is InChI=1S/C29H38ClN3O5S/c1-17-8-7-9-21(30)24(17)32-26(35)25(19-10-12-20(34)13-11-19)33(23-16-18(23)2)27(36)22(14-15-39-6)31-28(37)38-29(3,4)5/h7-13,18,22-23,25,34H,14-16H2,1-6H3,(H,31,37)(H,32,35). The van der Waals surface area contributed by atoms with E-state index in [9.17, 15) is 19.5 Å². The van der Waals surface area contributed by atoms with Crippen molar-refractivity contribution >= 4 is 47.0 Å². The molecule has 8 nitrogen and oxygen atoms in total. The highest BCUT2D eigenvalue weighted by atomic mass is 35.5. The van der Waals surface area contributed by atoms with Crippen LogP contribution < -0.4 is 10.6 Å². The molecule has 0 heterocycles. The van der Waals surface area contributed by atoms with E-state index in [0.717, 1.165) is 12.0 Å². The number of carbonyl (C=O) groups is 3. The summed E-state index contributed by atoms with van der Waals surface area (Å²) >= 11 is 7.97. The summed E-state index contributed by atoms with van der Waals surface area (Å²) in [5.74, 6) is 0.0292. The zero-order chi connectivity index (χ0) is 28.9. The number of benzene rings is 2. The molecule has 1 aliphatic carbocycles. The van der Waals surface area contributed by atoms with E-state index in [1.165, 1.54) is 12.1 Å². The van der Waals surface area contributed by atoms with Crippen molar-refractivity contribution in [2.75, 3.05) is 17.3 Å². The molecule has 0 aliphatic heterocycles. The lowest BCUT2D eigenvalue weighted by Crippen LogP contribution is -2.53. The van der Waals surface area contributed by atoms with E-state index in [1.54, 1.807) is 61.7 Å². The molecule has 39 heavy (non-hydrogen) atoms. The molecule has 3 rings (SSSR count). The number of hydrogen-bond acceptors (Lipinski definition) is 6. The number of para-hydroxylation sites is 1. The number of amides is 3. The van der Waals surface area contributed by atoms with Gasteiger partial charge in [0.1, 0.15) is 23.4 Å². The van der Waals surface area contributed by atoms with Crippen molar-refractivity contribution in [2.45, 2.75) is 71.2 Å². The summed E-state index contributed by atoms with van der Waals surface area (Å²) in [5.41, 5.74) is 1.05. The highest BCUT2D eigenvalue weighted by Crippen LogP contribution is 2.41. The van der Waals surface area contributed by atoms with E-state index in [4.69, 9.17) is 16.3 Å². The van der Waals surface area contributed by atoms with E-state index in [0.29, 0.717) is 28.4 Å². The van der Waals surface area contributed by atoms with Crippen molar-refractivity contribution in [3.8, 4) is 5.75 Å². The Labute approximate surface area is 239 Å². The summed E-state index contributed by atoms with van der Waals surface area (Å²) in [4.78, 5) is 42.5. The molecule has 4 atom stereocenters. The van der Waals surface area contributed by atoms with Gasteiger partial charge >= 0.3 is 6.09 Å². The number of alkyl carbamates (subject to hydrolysis) is 1. The molecule has 2 aromatic carbocycles. The topological polar surface area (TPSA) is 108 Å². The molecule has 2 aromatic rings. The van der Waals surface area contributed by atoms with Crippen LogP contribution in [0.4, 0.5) is 10.5 Å². The first kappa shape index (κ1) is 30.6. The number of halogens is 1. The number of thioether (sulfide) groups is 1. The highest BCUT2D eigenvalue weighted by Gasteiger charge is 2.48. The monoisotopic (exact) mass is 575 g/mol. The van der Waals surface area contributed by atoms with Crippen molar-refractivity contribution in [3.05, 3.63) is 58.6 Å². The average molecular weight is 576 g/mol. The Morgan fingerprint density at radius 2 is 1.82 bits per heavy atom. The summed E-state index contributed by atoms with van der Waals surface area (Å²) < 4.78 is 5.44. The second kappa shape index (κ2) is 13.0. The van der Waals surface area contributed by atoms with Gasteiger partial charge in [0.15, 0.2) is 0 Å². The Balaban J connectivity index is 2.03. The minimum atomic E-state index is -1.03. The van der Waals surface area contributed by atoms with E-state index in [2.05, 4.69) is 10.6 Å². The maximum Gasteiger partial charge on any atom is 0.408 e. The van der Waals surface area contributed by atoms with Crippen molar-refractivity contribution in [1.29, 1.82) is 0 Å². The molecule has 4 unspecified atom stereocenters. The summed E-state index contributed by atoms with van der Waals surface area (Å²) in [6.45, 7) is 9.13. The smallest absolute Gasteiger partial charge is 0.408 e. The van der Waals surface area contributed by atoms with Crippen molar-refractivity contribution < 1.29 is 24.2 Å². The normalized spacial score (nSPS) is 18.0. The molecule has 0 aromatic heterocycles. The van der Waals surface area contributed by atoms with Crippen LogP contribution in [0.3, 0.4) is 0 Å². The van der Waals surface area contributed by atoms with Crippen LogP contribution in [0.15, 0.2) is 42.5 Å². The predicted molar refractivity (Wildman–Crippen MR) is 156 cm³/mol. The number of rotatable bonds is 10. The first-order valence-electron chi connectivity index (χ1n) is 13.0. The van der Waals surface area contributed by atoms with E-state index in [-0.39, 0.29) is 23.6 Å². The van der Waals surface area contributed by atoms with Gasteiger partial charge in [0.25, 0.3) is 5.91 Å². The number of carbonyl (C=O) groups excluding carboxylic acids is 3. The molecule has 0 spiro atoms. The quantitative estimate of drug-likeness (QED) is 0.325. The summed E-state index contributed by atoms with van der Waals surface area (Å²) in [6, 6.07) is 9.43. The molecular weight excluding hydrogens is 538 g/mol. The highest BCUT2D eigenvalue weighted by molar-refractivity contribution is 7.98. The Hall–Kier alpha value is -2.91. The molecular formula is C29H38ClN3O5S. The molecule has 0 bridgehead atoms. The van der Waals surface area contributed by atoms with Crippen LogP contribution in [0, 0.1) is 12.8 Å². The molecule has 0 radical (unpaired) electrons. The van der Waals surface area contributed by atoms with Gasteiger partial charge in [0, 0.05) is 6.04 Å². The van der Waals surface area contributed by atoms with E-state index < -0.39 is 29.7 Å². The third-order valence-corrected chi connectivity index (χ3v) is 7.44. The summed E-state index contributed by atoms with van der Waals surface area (Å²) in [5, 5.41) is 16.0. The molecule has 1 aliphatic rings. The minimum Gasteiger partial charge on any atom is -0.508 e. The van der Waals surface area contributed by atoms with Gasteiger partial charge < -0.3 is 25.4 Å². The maximum absolute atomic E-state index is 14.2. The number of nitrogens with one attached hydrogen (secondary N) is 2. The van der Waals surface area contributed by atoms with E-state index >= 15 is 0 Å². The molecule has 10 heteroatoms. The number of ether oxygens (including phenoxy) is 1. The van der Waals surface area contributed by atoms with Gasteiger partial charge in [0.05, 0.1) is 10.7 Å². The van der Waals surface area contributed by atoms with Crippen LogP contribution in [-0.4, -0.2) is 57.6 Å². The second-order valence-corrected chi connectivity index (χ2v) is 12.3. The van der Waals surface area contributed by atoms with Crippen LogP contribution >= 0.6 is 23.4 Å². The fourth-order valence-electron chi connectivity index (χ4n) is 4.37. The van der Waals surface area contributed by atoms with Gasteiger partial charge in [-0.25, -0.2) is 4.79 Å². The lowest BCUT2D eigenvalue weighted by molar-refractivity contribution is -0.141. The number of anilines is 1. The SMILES string of the molecule is CSCCC(NC(=O)OC(C)(C)C)C(=O)N(C(C(=O)Nc1c(C)cccc1Cl)c1ccc(O)cc1)C1CC1C. The number of phenolic OH excluding ortho intramolecular Hbond substituents is 1. The number of phenols is 1. The number of aromatic hydroxyl groups is 1. The Morgan fingerprint density at radius 1 is 1.18 bits per heavy atom. The molecule has 212 valence electrons. The Morgan fingerprint density at radius 3 is 2.36 bits per heavy atom. The average Bonchev–Trinajstić information content (AvgIpc) is 3.57. The first-order valence-corrected chi connectivity index (χ1v) is 14.7. The lowest BCUT2D eigenvalue weighted by atomic mass is 10.0. The van der Waals surface area contributed by atoms with Crippen molar-refractivity contribution in [3.63, 3.8) is 0 Å². The molecule has 0 saturated heterocycles. The van der Waals surface area contributed by atoms with Gasteiger partial charge in [-0.2, -0.15) is 11.8 Å². The Kier molecular flexibility index (Phi) is 10.2. The second-order valence-electron chi connectivity index (χ2n) is 10.9. The van der Waals surface area contributed by atoms with Crippen LogP contribution in [0.2, 0.25) is 5.02 Å². The summed E-state index contributed by atoms with van der Waals surface area (Å²) in [7, 11) is 0. The zero-order valence-electron chi connectivity index (χ0n) is 23.3. The van der Waals surface area contributed by atoms with Gasteiger partial charge in [0.2, 0.25) is 5.91 Å². The number of aryl methyl sites for hydroxylation is 1. The Bertz CT molecular complexity index is 1160. The first-order chi connectivity index (χ1) is 18.3. The summed E-state index contributed by atoms with van der Waals surface area (Å²) in [6.07, 6.45) is 2.32. The van der Waals surface area contributed by atoms with Gasteiger partial charge in [-0.15, -0.1) is 0 Å². The molecule has 1 saturated carbocycles. The van der Waals surface area contributed by atoms with Crippen molar-refractivity contribution in [2.24, 2.45) is 5.92 Å². The van der Waals surface area contributed by atoms with Crippen LogP contribution in [0.25, 0.3) is 0 Å². The molecule has 1 fully saturated rings. The number of hydrogen-bond donors (Lipinski definition) is 3. The van der Waals surface area contributed by atoms with Gasteiger partial charge in [-0.1, -0.05) is 42.8 Å². The molecule has 3 amide bonds. The zero-order valence-corrected chi connectivity index (χ0v) is 24.9. The van der Waals surface area contributed by atoms with Crippen LogP contribution in [0.1, 0.15) is 57.7 Å². The van der Waals surface area contributed by atoms with Crippen molar-refractivity contribution in [1.82, 2.24) is 10.2 Å². The van der Waals surface area contributed by atoms with Crippen LogP contribution in [0.5, 0.6) is 5.75 Å². The van der Waals surface area contributed by atoms with Gasteiger partial charge in [-0.3, -0.25) is 9.59 Å². The third kappa shape index (κ3) is 8.29. The fourth-order valence-corrected chi connectivity index (χ4v) is 5.11. The van der Waals surface area contributed by atoms with E-state index in [1.807, 2.05) is 26.2 Å². The van der Waals surface area contributed by atoms with Crippen LogP contribution in [-0.2, 0) is 14.3 Å². The predicted octanol–water partition coefficient (Wildman–Crippen LogP) is 5.92. The minimum absolute atomic E-state index is 0.0435. The lowest BCUT2D eigenvalue weighted by Gasteiger charge is -2.35. The molecule has 3 N–H and O–H groups in total. The van der Waals surface area contributed by atoms with Gasteiger partial charge in [-0.05, 0) is 87.8 Å². The largest absolute Gasteiger partial charge is 0.508 e. The fraction of sp³-hybridized carbons (Fsp3) is 0.483. The maximum atomic E-state index is 14.2.